The van der Waals surface area contributed by atoms with E-state index in [2.05, 4.69) is 15.3 Å². The molecule has 0 saturated carbocycles. The van der Waals surface area contributed by atoms with Gasteiger partial charge in [0.25, 0.3) is 0 Å². The zero-order valence-electron chi connectivity index (χ0n) is 12.3. The molecule has 1 N–H and O–H groups in total. The van der Waals surface area contributed by atoms with Crippen LogP contribution < -0.4 is 5.32 Å². The summed E-state index contributed by atoms with van der Waals surface area (Å²) in [4.78, 5) is 10.2. The third-order valence-corrected chi connectivity index (χ3v) is 5.12. The number of fused-ring (bicyclic) bond motifs is 1. The molecule has 0 fully saturated rings. The highest BCUT2D eigenvalue weighted by Gasteiger charge is 2.17. The Morgan fingerprint density at radius 1 is 1.36 bits per heavy atom. The second-order valence-electron chi connectivity index (χ2n) is 5.26. The van der Waals surface area contributed by atoms with Crippen LogP contribution in [0.1, 0.15) is 23.5 Å². The van der Waals surface area contributed by atoms with Crippen LogP contribution in [0.2, 0.25) is 5.02 Å². The monoisotopic (exact) mass is 337 g/mol. The molecule has 3 rings (SSSR count). The smallest absolute Gasteiger partial charge is 0.143 e. The minimum Gasteiger partial charge on any atom is -0.369 e. The maximum Gasteiger partial charge on any atom is 0.143 e. The molecule has 0 amide bonds. The Labute approximate surface area is 138 Å². The number of rotatable bonds is 4. The molecular weight excluding hydrogens is 321 g/mol. The van der Waals surface area contributed by atoms with Crippen molar-refractivity contribution in [2.75, 3.05) is 17.6 Å². The van der Waals surface area contributed by atoms with Crippen molar-refractivity contribution in [1.82, 2.24) is 9.97 Å². The van der Waals surface area contributed by atoms with Crippen molar-refractivity contribution >= 4 is 29.2 Å². The Bertz CT molecular complexity index is 693. The highest BCUT2D eigenvalue weighted by Crippen LogP contribution is 2.34. The Hall–Kier alpha value is -1.33. The van der Waals surface area contributed by atoms with Gasteiger partial charge in [-0.1, -0.05) is 17.7 Å². The van der Waals surface area contributed by atoms with E-state index in [4.69, 9.17) is 11.6 Å². The van der Waals surface area contributed by atoms with Gasteiger partial charge in [-0.05, 0) is 49.6 Å². The minimum atomic E-state index is -0.307. The first-order valence-electron chi connectivity index (χ1n) is 7.31. The largest absolute Gasteiger partial charge is 0.369 e. The number of hydrogen-bond acceptors (Lipinski definition) is 4. The number of aryl methyl sites for hydroxylation is 2. The first-order chi connectivity index (χ1) is 10.6. The summed E-state index contributed by atoms with van der Waals surface area (Å²) in [5.41, 5.74) is 2.08. The average Bonchev–Trinajstić information content (AvgIpc) is 2.49. The van der Waals surface area contributed by atoms with Gasteiger partial charge in [0.15, 0.2) is 0 Å². The third kappa shape index (κ3) is 3.52. The van der Waals surface area contributed by atoms with E-state index in [1.165, 1.54) is 23.4 Å². The topological polar surface area (TPSA) is 37.8 Å². The van der Waals surface area contributed by atoms with Crippen LogP contribution in [-0.2, 0) is 12.8 Å². The molecule has 0 unspecified atom stereocenters. The van der Waals surface area contributed by atoms with Gasteiger partial charge in [0.1, 0.15) is 17.5 Å². The number of halogens is 2. The van der Waals surface area contributed by atoms with Gasteiger partial charge in [0.05, 0.1) is 10.6 Å². The van der Waals surface area contributed by atoms with Gasteiger partial charge < -0.3 is 5.32 Å². The fourth-order valence-electron chi connectivity index (χ4n) is 2.52. The molecular formula is C16H17ClFN3S. The lowest BCUT2D eigenvalue weighted by molar-refractivity contribution is 0.627. The van der Waals surface area contributed by atoms with Crippen molar-refractivity contribution in [3.05, 3.63) is 46.1 Å². The molecule has 6 heteroatoms. The van der Waals surface area contributed by atoms with Crippen LogP contribution in [0.25, 0.3) is 0 Å². The molecule has 2 heterocycles. The molecule has 0 radical (unpaired) electrons. The number of nitrogens with zero attached hydrogens (tertiary/aromatic N) is 2. The van der Waals surface area contributed by atoms with E-state index in [9.17, 15) is 4.39 Å². The first kappa shape index (κ1) is 15.6. The Morgan fingerprint density at radius 3 is 3.05 bits per heavy atom. The van der Waals surface area contributed by atoms with Crippen molar-refractivity contribution in [1.29, 1.82) is 0 Å². The second-order valence-corrected chi connectivity index (χ2v) is 6.77. The number of thioether (sulfide) groups is 1. The average molecular weight is 338 g/mol. The van der Waals surface area contributed by atoms with Gasteiger partial charge in [-0.2, -0.15) is 0 Å². The van der Waals surface area contributed by atoms with Crippen LogP contribution in [0, 0.1) is 12.7 Å². The number of aromatic nitrogens is 2. The lowest BCUT2D eigenvalue weighted by atomic mass is 10.1. The van der Waals surface area contributed by atoms with E-state index >= 15 is 0 Å². The molecule has 22 heavy (non-hydrogen) atoms. The minimum absolute atomic E-state index is 0.307. The van der Waals surface area contributed by atoms with Crippen LogP contribution in [-0.4, -0.2) is 22.3 Å². The fourth-order valence-corrected chi connectivity index (χ4v) is 3.84. The van der Waals surface area contributed by atoms with Crippen molar-refractivity contribution in [2.45, 2.75) is 31.1 Å². The van der Waals surface area contributed by atoms with E-state index in [-0.39, 0.29) is 5.82 Å². The van der Waals surface area contributed by atoms with Crippen molar-refractivity contribution in [2.24, 2.45) is 0 Å². The maximum absolute atomic E-state index is 13.0. The molecule has 1 aromatic carbocycles. The SMILES string of the molecule is Cc1nc2c(c(NCCc3ccc(F)cc3Cl)n1)SCCC2. The Morgan fingerprint density at radius 2 is 2.23 bits per heavy atom. The summed E-state index contributed by atoms with van der Waals surface area (Å²) >= 11 is 7.87. The van der Waals surface area contributed by atoms with Gasteiger partial charge in [0, 0.05) is 11.6 Å². The summed E-state index contributed by atoms with van der Waals surface area (Å²) in [7, 11) is 0. The predicted octanol–water partition coefficient (Wildman–Crippen LogP) is 4.27. The normalized spacial score (nSPS) is 13.8. The van der Waals surface area contributed by atoms with E-state index in [0.29, 0.717) is 11.6 Å². The second kappa shape index (κ2) is 6.84. The molecule has 1 aliphatic rings. The van der Waals surface area contributed by atoms with Crippen LogP contribution in [0.3, 0.4) is 0 Å². The first-order valence-corrected chi connectivity index (χ1v) is 8.68. The molecule has 0 bridgehead atoms. The number of benzene rings is 1. The van der Waals surface area contributed by atoms with E-state index in [0.717, 1.165) is 41.5 Å². The highest BCUT2D eigenvalue weighted by molar-refractivity contribution is 7.99. The molecule has 1 aliphatic heterocycles. The van der Waals surface area contributed by atoms with Crippen LogP contribution in [0.5, 0.6) is 0 Å². The molecule has 2 aromatic rings. The van der Waals surface area contributed by atoms with Gasteiger partial charge in [-0.3, -0.25) is 0 Å². The summed E-state index contributed by atoms with van der Waals surface area (Å²) in [5.74, 6) is 2.50. The summed E-state index contributed by atoms with van der Waals surface area (Å²) in [6, 6.07) is 4.52. The molecule has 0 saturated heterocycles. The lowest BCUT2D eigenvalue weighted by Gasteiger charge is -2.18. The van der Waals surface area contributed by atoms with Crippen molar-refractivity contribution < 1.29 is 4.39 Å². The standard InChI is InChI=1S/C16H17ClFN3S/c1-10-20-14-3-2-8-22-15(14)16(21-10)19-7-6-11-4-5-12(18)9-13(11)17/h4-5,9H,2-3,6-8H2,1H3,(H,19,20,21). The Balaban J connectivity index is 1.70. The van der Waals surface area contributed by atoms with Gasteiger partial charge >= 0.3 is 0 Å². The number of hydrogen-bond donors (Lipinski definition) is 1. The predicted molar refractivity (Wildman–Crippen MR) is 89.4 cm³/mol. The van der Waals surface area contributed by atoms with Crippen molar-refractivity contribution in [3.63, 3.8) is 0 Å². The van der Waals surface area contributed by atoms with E-state index in [1.54, 1.807) is 6.07 Å². The fraction of sp³-hybridized carbons (Fsp3) is 0.375. The molecule has 0 aliphatic carbocycles. The number of anilines is 1. The van der Waals surface area contributed by atoms with Crippen LogP contribution in [0.4, 0.5) is 10.2 Å². The van der Waals surface area contributed by atoms with Gasteiger partial charge in [-0.15, -0.1) is 11.8 Å². The molecule has 1 aromatic heterocycles. The maximum atomic E-state index is 13.0. The summed E-state index contributed by atoms with van der Waals surface area (Å²) in [6.45, 7) is 2.62. The third-order valence-electron chi connectivity index (χ3n) is 3.55. The zero-order valence-corrected chi connectivity index (χ0v) is 13.9. The van der Waals surface area contributed by atoms with E-state index < -0.39 is 0 Å². The van der Waals surface area contributed by atoms with Gasteiger partial charge in [0.2, 0.25) is 0 Å². The highest BCUT2D eigenvalue weighted by atomic mass is 35.5. The van der Waals surface area contributed by atoms with Gasteiger partial charge in [-0.25, -0.2) is 14.4 Å². The quantitative estimate of drug-likeness (QED) is 0.904. The van der Waals surface area contributed by atoms with Crippen molar-refractivity contribution in [3.8, 4) is 0 Å². The molecule has 3 nitrogen and oxygen atoms in total. The zero-order chi connectivity index (χ0) is 15.5. The number of nitrogens with one attached hydrogen (secondary N) is 1. The molecule has 116 valence electrons. The molecule has 0 atom stereocenters. The summed E-state index contributed by atoms with van der Waals surface area (Å²) in [5, 5.41) is 3.85. The van der Waals surface area contributed by atoms with Crippen LogP contribution >= 0.6 is 23.4 Å². The molecule has 0 spiro atoms. The summed E-state index contributed by atoms with van der Waals surface area (Å²) < 4.78 is 13.0. The lowest BCUT2D eigenvalue weighted by Crippen LogP contribution is -2.13. The van der Waals surface area contributed by atoms with E-state index in [1.807, 2.05) is 18.7 Å². The Kier molecular flexibility index (Phi) is 4.84. The van der Waals surface area contributed by atoms with Crippen LogP contribution in [0.15, 0.2) is 23.1 Å². The summed E-state index contributed by atoms with van der Waals surface area (Å²) in [6.07, 6.45) is 2.91.